The summed E-state index contributed by atoms with van der Waals surface area (Å²) < 4.78 is 33.5. The van der Waals surface area contributed by atoms with E-state index >= 15 is 0 Å². The molecule has 1 atom stereocenters. The molecular weight excluding hydrogens is 378 g/mol. The van der Waals surface area contributed by atoms with Gasteiger partial charge < -0.3 is 5.11 Å². The molecule has 26 heavy (non-hydrogen) atoms. The number of fused-ring (bicyclic) bond motifs is 1. The first-order chi connectivity index (χ1) is 12.3. The van der Waals surface area contributed by atoms with E-state index < -0.39 is 27.1 Å². The number of Topliss-reactive ketones (excluding diaryl/α,β-unsaturated/α-hetero) is 1. The molecule has 0 amide bonds. The van der Waals surface area contributed by atoms with Crippen LogP contribution >= 0.6 is 11.3 Å². The van der Waals surface area contributed by atoms with Crippen LogP contribution in [0.5, 0.6) is 0 Å². The van der Waals surface area contributed by atoms with Gasteiger partial charge in [0.25, 0.3) is 10.1 Å². The van der Waals surface area contributed by atoms with E-state index in [1.54, 1.807) is 18.2 Å². The van der Waals surface area contributed by atoms with E-state index in [4.69, 9.17) is 5.11 Å². The van der Waals surface area contributed by atoms with Gasteiger partial charge in [0, 0.05) is 0 Å². The maximum Gasteiger partial charge on any atom is 0.335 e. The number of rotatable bonds is 6. The molecule has 3 aromatic rings. The summed E-state index contributed by atoms with van der Waals surface area (Å²) in [4.78, 5) is 27.8. The Balaban J connectivity index is 1.92. The number of carboxylic acids is 1. The van der Waals surface area contributed by atoms with Crippen molar-refractivity contribution in [2.24, 2.45) is 0 Å². The lowest BCUT2D eigenvalue weighted by Crippen LogP contribution is -2.23. The van der Waals surface area contributed by atoms with Crippen molar-refractivity contribution in [1.82, 2.24) is 4.98 Å². The fourth-order valence-corrected chi connectivity index (χ4v) is 4.51. The van der Waals surface area contributed by atoms with Gasteiger partial charge in [-0.3, -0.25) is 9.35 Å². The Labute approximate surface area is 152 Å². The molecule has 0 radical (unpaired) electrons. The Morgan fingerprint density at radius 3 is 2.42 bits per heavy atom. The second-order valence-corrected chi connectivity index (χ2v) is 8.16. The number of aromatic nitrogens is 1. The minimum Gasteiger partial charge on any atom is -0.478 e. The predicted octanol–water partition coefficient (Wildman–Crippen LogP) is 2.74. The van der Waals surface area contributed by atoms with Gasteiger partial charge in [0.1, 0.15) is 5.01 Å². The van der Waals surface area contributed by atoms with Crippen molar-refractivity contribution >= 4 is 43.4 Å². The van der Waals surface area contributed by atoms with E-state index in [0.717, 1.165) is 11.3 Å². The van der Waals surface area contributed by atoms with Crippen molar-refractivity contribution in [3.63, 3.8) is 0 Å². The Morgan fingerprint density at radius 1 is 1.12 bits per heavy atom. The van der Waals surface area contributed by atoms with Gasteiger partial charge in [-0.2, -0.15) is 8.42 Å². The summed E-state index contributed by atoms with van der Waals surface area (Å²) >= 11 is 1.11. The number of carbonyl (C=O) groups is 2. The third kappa shape index (κ3) is 3.79. The average Bonchev–Trinajstić information content (AvgIpc) is 2.95. The minimum absolute atomic E-state index is 0.0964. The molecule has 0 spiro atoms. The van der Waals surface area contributed by atoms with Gasteiger partial charge in [0.15, 0.2) is 11.0 Å². The normalized spacial score (nSPS) is 12.8. The third-order valence-electron chi connectivity index (χ3n) is 3.70. The lowest BCUT2D eigenvalue weighted by Gasteiger charge is -2.12. The van der Waals surface area contributed by atoms with E-state index in [2.05, 4.69) is 4.98 Å². The molecule has 9 heteroatoms. The molecule has 134 valence electrons. The molecule has 7 nitrogen and oxygen atoms in total. The highest BCUT2D eigenvalue weighted by atomic mass is 32.2. The number of benzene rings is 2. The van der Waals surface area contributed by atoms with E-state index in [9.17, 15) is 22.6 Å². The summed E-state index contributed by atoms with van der Waals surface area (Å²) in [6.07, 6.45) is -0.291. The monoisotopic (exact) mass is 391 g/mol. The zero-order valence-corrected chi connectivity index (χ0v) is 14.8. The molecular formula is C17H13NO6S2. The van der Waals surface area contributed by atoms with E-state index in [1.165, 1.54) is 30.3 Å². The molecule has 1 heterocycles. The molecule has 1 aromatic heterocycles. The van der Waals surface area contributed by atoms with Crippen LogP contribution in [0, 0.1) is 0 Å². The first-order valence-electron chi connectivity index (χ1n) is 7.42. The number of carboxylic acid groups (broad SMARTS) is 1. The fourth-order valence-electron chi connectivity index (χ4n) is 2.57. The standard InChI is InChI=1S/C17H13NO6S2/c19-13(16(26(22,23)24)10-4-2-1-3-5-10)9-15-18-12-7-6-11(17(20)21)8-14(12)25-15/h1-8,16H,9H2,(H,20,21)(H,22,23,24). The Hall–Kier alpha value is -2.62. The van der Waals surface area contributed by atoms with Crippen LogP contribution < -0.4 is 0 Å². The summed E-state index contributed by atoms with van der Waals surface area (Å²) in [5.74, 6) is -1.79. The van der Waals surface area contributed by atoms with Gasteiger partial charge >= 0.3 is 5.97 Å². The van der Waals surface area contributed by atoms with Crippen LogP contribution in [0.1, 0.15) is 26.2 Å². The Morgan fingerprint density at radius 2 is 1.81 bits per heavy atom. The number of hydrogen-bond acceptors (Lipinski definition) is 6. The highest BCUT2D eigenvalue weighted by molar-refractivity contribution is 7.86. The number of aromatic carboxylic acids is 1. The molecule has 0 saturated heterocycles. The Bertz CT molecular complexity index is 1090. The molecule has 0 aliphatic carbocycles. The third-order valence-corrected chi connectivity index (χ3v) is 5.85. The van der Waals surface area contributed by atoms with Crippen molar-refractivity contribution in [2.45, 2.75) is 11.7 Å². The van der Waals surface area contributed by atoms with Crippen molar-refractivity contribution in [3.05, 3.63) is 64.7 Å². The van der Waals surface area contributed by atoms with Crippen molar-refractivity contribution < 1.29 is 27.7 Å². The van der Waals surface area contributed by atoms with Crippen molar-refractivity contribution in [3.8, 4) is 0 Å². The maximum atomic E-state index is 12.5. The molecule has 0 saturated carbocycles. The van der Waals surface area contributed by atoms with Gasteiger partial charge in [-0.1, -0.05) is 30.3 Å². The topological polar surface area (TPSA) is 122 Å². The molecule has 3 rings (SSSR count). The minimum atomic E-state index is -4.64. The van der Waals surface area contributed by atoms with Gasteiger partial charge in [-0.05, 0) is 23.8 Å². The lowest BCUT2D eigenvalue weighted by molar-refractivity contribution is -0.118. The lowest BCUT2D eigenvalue weighted by atomic mass is 10.1. The summed E-state index contributed by atoms with van der Waals surface area (Å²) in [6, 6.07) is 12.1. The van der Waals surface area contributed by atoms with Crippen LogP contribution in [0.3, 0.4) is 0 Å². The zero-order chi connectivity index (χ0) is 18.9. The quantitative estimate of drug-likeness (QED) is 0.620. The van der Waals surface area contributed by atoms with E-state index in [0.29, 0.717) is 15.2 Å². The second kappa shape index (κ2) is 6.94. The molecule has 0 aliphatic rings. The van der Waals surface area contributed by atoms with E-state index in [1.807, 2.05) is 0 Å². The van der Waals surface area contributed by atoms with Crippen LogP contribution in [0.2, 0.25) is 0 Å². The summed E-state index contributed by atoms with van der Waals surface area (Å²) in [5, 5.41) is 7.68. The summed E-state index contributed by atoms with van der Waals surface area (Å²) in [7, 11) is -4.64. The zero-order valence-electron chi connectivity index (χ0n) is 13.2. The highest BCUT2D eigenvalue weighted by Crippen LogP contribution is 2.28. The van der Waals surface area contributed by atoms with Crippen LogP contribution in [0.15, 0.2) is 48.5 Å². The number of carbonyl (C=O) groups excluding carboxylic acids is 1. The molecule has 2 N–H and O–H groups in total. The SMILES string of the molecule is O=C(O)c1ccc2nc(CC(=O)C(c3ccccc3)S(=O)(=O)O)sc2c1. The first kappa shape index (κ1) is 18.2. The van der Waals surface area contributed by atoms with Gasteiger partial charge in [-0.15, -0.1) is 11.3 Å². The van der Waals surface area contributed by atoms with Gasteiger partial charge in [0.05, 0.1) is 22.2 Å². The van der Waals surface area contributed by atoms with Crippen LogP contribution in [0.25, 0.3) is 10.2 Å². The maximum absolute atomic E-state index is 12.5. The number of ketones is 1. The predicted molar refractivity (Wildman–Crippen MR) is 96.0 cm³/mol. The van der Waals surface area contributed by atoms with Crippen LogP contribution in [-0.2, 0) is 21.3 Å². The number of nitrogens with zero attached hydrogens (tertiary/aromatic N) is 1. The molecule has 0 bridgehead atoms. The molecule has 0 aliphatic heterocycles. The Kier molecular flexibility index (Phi) is 4.86. The number of thiazole rings is 1. The first-order valence-corrected chi connectivity index (χ1v) is 9.74. The summed E-state index contributed by atoms with van der Waals surface area (Å²) in [5.41, 5.74) is 0.791. The average molecular weight is 391 g/mol. The van der Waals surface area contributed by atoms with Crippen molar-refractivity contribution in [1.29, 1.82) is 0 Å². The van der Waals surface area contributed by atoms with Gasteiger partial charge in [0.2, 0.25) is 0 Å². The van der Waals surface area contributed by atoms with Gasteiger partial charge in [-0.25, -0.2) is 9.78 Å². The fraction of sp³-hybridized carbons (Fsp3) is 0.118. The molecule has 2 aromatic carbocycles. The van der Waals surface area contributed by atoms with Crippen molar-refractivity contribution in [2.75, 3.05) is 0 Å². The molecule has 1 unspecified atom stereocenters. The van der Waals surface area contributed by atoms with Crippen LogP contribution in [0.4, 0.5) is 0 Å². The highest BCUT2D eigenvalue weighted by Gasteiger charge is 2.33. The second-order valence-electron chi connectivity index (χ2n) is 5.54. The number of hydrogen-bond donors (Lipinski definition) is 2. The molecule has 0 fully saturated rings. The van der Waals surface area contributed by atoms with Crippen LogP contribution in [-0.4, -0.2) is 34.8 Å². The smallest absolute Gasteiger partial charge is 0.335 e. The largest absolute Gasteiger partial charge is 0.478 e. The van der Waals surface area contributed by atoms with E-state index in [-0.39, 0.29) is 17.5 Å². The summed E-state index contributed by atoms with van der Waals surface area (Å²) in [6.45, 7) is 0.